The number of hydrogen-bond acceptors (Lipinski definition) is 8. The number of nitrogens with zero attached hydrogens (tertiary/aromatic N) is 7. The number of aryl methyl sites for hydroxylation is 1. The van der Waals surface area contributed by atoms with Crippen molar-refractivity contribution in [3.63, 3.8) is 0 Å². The lowest BCUT2D eigenvalue weighted by atomic mass is 10.1. The number of aliphatic hydroxyl groups excluding tert-OH is 1. The zero-order chi connectivity index (χ0) is 22.2. The van der Waals surface area contributed by atoms with Gasteiger partial charge in [-0.15, -0.1) is 0 Å². The molecule has 0 amide bonds. The smallest absolute Gasteiger partial charge is 0.166 e. The summed E-state index contributed by atoms with van der Waals surface area (Å²) in [7, 11) is 0. The van der Waals surface area contributed by atoms with Crippen molar-refractivity contribution in [3.8, 4) is 11.4 Å². The normalized spacial score (nSPS) is 12.5. The van der Waals surface area contributed by atoms with Crippen molar-refractivity contribution in [1.29, 1.82) is 0 Å². The standard InChI is InChI=1S/C22H22N8O2/c1-13-8-17-15(11-24-13)10-19(21(23)27-17)32-14(2)20-18(29-5-3-4-25-29)9-16-12-26-30(6-7-31)22(16)28-20/h3-5,8-12,14,31H,6-7H2,1-2H3,(H2,23,27). The Morgan fingerprint density at radius 2 is 2.00 bits per heavy atom. The van der Waals surface area contributed by atoms with Crippen molar-refractivity contribution in [2.24, 2.45) is 0 Å². The van der Waals surface area contributed by atoms with Gasteiger partial charge >= 0.3 is 0 Å². The molecule has 0 aliphatic rings. The summed E-state index contributed by atoms with van der Waals surface area (Å²) >= 11 is 0. The average Bonchev–Trinajstić information content (AvgIpc) is 3.44. The zero-order valence-electron chi connectivity index (χ0n) is 17.7. The maximum absolute atomic E-state index is 9.36. The minimum atomic E-state index is -0.476. The lowest BCUT2D eigenvalue weighted by molar-refractivity contribution is 0.222. The van der Waals surface area contributed by atoms with Crippen LogP contribution in [-0.2, 0) is 6.54 Å². The molecule has 0 spiro atoms. The molecule has 32 heavy (non-hydrogen) atoms. The number of hydrogen-bond donors (Lipinski definition) is 2. The summed E-state index contributed by atoms with van der Waals surface area (Å²) in [5.41, 5.74) is 9.91. The summed E-state index contributed by atoms with van der Waals surface area (Å²) in [5.74, 6) is 0.745. The van der Waals surface area contributed by atoms with Crippen LogP contribution in [0.5, 0.6) is 5.75 Å². The first-order valence-corrected chi connectivity index (χ1v) is 10.2. The first kappa shape index (κ1) is 19.9. The predicted molar refractivity (Wildman–Crippen MR) is 119 cm³/mol. The highest BCUT2D eigenvalue weighted by atomic mass is 16.5. The SMILES string of the molecule is Cc1cc2nc(N)c(OC(C)c3nc4c(cnn4CCO)cc3-n3cccn3)cc2cn1. The molecule has 1 atom stereocenters. The summed E-state index contributed by atoms with van der Waals surface area (Å²) < 4.78 is 9.64. The van der Waals surface area contributed by atoms with E-state index in [0.717, 1.165) is 27.7 Å². The monoisotopic (exact) mass is 430 g/mol. The van der Waals surface area contributed by atoms with E-state index in [-0.39, 0.29) is 6.61 Å². The second-order valence-electron chi connectivity index (χ2n) is 7.50. The number of pyridine rings is 3. The van der Waals surface area contributed by atoms with Gasteiger partial charge in [0.15, 0.2) is 17.2 Å². The molecule has 0 saturated heterocycles. The molecule has 0 bridgehead atoms. The van der Waals surface area contributed by atoms with Crippen LogP contribution in [0.2, 0.25) is 0 Å². The second-order valence-corrected chi connectivity index (χ2v) is 7.50. The molecular formula is C22H22N8O2. The van der Waals surface area contributed by atoms with E-state index in [4.69, 9.17) is 15.5 Å². The molecule has 10 nitrogen and oxygen atoms in total. The molecule has 1 unspecified atom stereocenters. The Kier molecular flexibility index (Phi) is 4.91. The van der Waals surface area contributed by atoms with Crippen molar-refractivity contribution in [2.45, 2.75) is 26.5 Å². The van der Waals surface area contributed by atoms with Gasteiger partial charge in [-0.25, -0.2) is 19.3 Å². The Morgan fingerprint density at radius 1 is 1.12 bits per heavy atom. The third-order valence-corrected chi connectivity index (χ3v) is 5.20. The summed E-state index contributed by atoms with van der Waals surface area (Å²) in [6, 6.07) is 7.52. The molecule has 5 aromatic heterocycles. The van der Waals surface area contributed by atoms with Crippen LogP contribution in [0.15, 0.2) is 49.1 Å². The van der Waals surface area contributed by atoms with Crippen LogP contribution in [-0.4, -0.2) is 46.2 Å². The van der Waals surface area contributed by atoms with Gasteiger partial charge in [0, 0.05) is 35.1 Å². The van der Waals surface area contributed by atoms with Gasteiger partial charge in [-0.3, -0.25) is 4.98 Å². The molecule has 0 saturated carbocycles. The number of anilines is 1. The number of aliphatic hydroxyl groups is 1. The van der Waals surface area contributed by atoms with Gasteiger partial charge in [-0.1, -0.05) is 0 Å². The van der Waals surface area contributed by atoms with Crippen molar-refractivity contribution < 1.29 is 9.84 Å². The van der Waals surface area contributed by atoms with Crippen LogP contribution in [0.3, 0.4) is 0 Å². The van der Waals surface area contributed by atoms with Crippen LogP contribution in [0, 0.1) is 6.92 Å². The minimum absolute atomic E-state index is 0.0342. The molecule has 0 aliphatic heterocycles. The third-order valence-electron chi connectivity index (χ3n) is 5.20. The summed E-state index contributed by atoms with van der Waals surface area (Å²) in [5, 5.41) is 19.7. The van der Waals surface area contributed by atoms with Crippen LogP contribution in [0.25, 0.3) is 27.6 Å². The minimum Gasteiger partial charge on any atom is -0.480 e. The fourth-order valence-electron chi connectivity index (χ4n) is 3.67. The third kappa shape index (κ3) is 3.50. The molecule has 0 aliphatic carbocycles. The first-order chi connectivity index (χ1) is 15.5. The second kappa shape index (κ2) is 7.89. The van der Waals surface area contributed by atoms with Gasteiger partial charge < -0.3 is 15.6 Å². The van der Waals surface area contributed by atoms with E-state index in [9.17, 15) is 5.11 Å². The highest BCUT2D eigenvalue weighted by molar-refractivity contribution is 5.82. The number of nitrogen functional groups attached to an aromatic ring is 1. The van der Waals surface area contributed by atoms with Gasteiger partial charge in [0.2, 0.25) is 0 Å². The Balaban J connectivity index is 1.59. The predicted octanol–water partition coefficient (Wildman–Crippen LogP) is 2.58. The van der Waals surface area contributed by atoms with Gasteiger partial charge in [0.05, 0.1) is 30.6 Å². The van der Waals surface area contributed by atoms with Crippen molar-refractivity contribution >= 4 is 27.8 Å². The largest absolute Gasteiger partial charge is 0.480 e. The molecule has 5 heterocycles. The Bertz CT molecular complexity index is 1410. The van der Waals surface area contributed by atoms with E-state index in [1.165, 1.54) is 0 Å². The lowest BCUT2D eigenvalue weighted by Gasteiger charge is -2.19. The van der Waals surface area contributed by atoms with Gasteiger partial charge in [0.1, 0.15) is 11.8 Å². The average molecular weight is 430 g/mol. The van der Waals surface area contributed by atoms with Crippen molar-refractivity contribution in [1.82, 2.24) is 34.5 Å². The van der Waals surface area contributed by atoms with E-state index in [0.29, 0.717) is 29.5 Å². The topological polar surface area (TPSA) is 130 Å². The van der Waals surface area contributed by atoms with E-state index in [1.54, 1.807) is 28.0 Å². The molecular weight excluding hydrogens is 408 g/mol. The van der Waals surface area contributed by atoms with Gasteiger partial charge in [-0.05, 0) is 38.1 Å². The molecule has 0 fully saturated rings. The molecule has 5 aromatic rings. The van der Waals surface area contributed by atoms with E-state index in [2.05, 4.69) is 20.2 Å². The van der Waals surface area contributed by atoms with Crippen molar-refractivity contribution in [3.05, 3.63) is 60.4 Å². The van der Waals surface area contributed by atoms with Crippen molar-refractivity contribution in [2.75, 3.05) is 12.3 Å². The Labute approximate surface area is 183 Å². The van der Waals surface area contributed by atoms with Crippen LogP contribution in [0.1, 0.15) is 24.4 Å². The maximum atomic E-state index is 9.36. The Hall–Kier alpha value is -4.05. The number of ether oxygens (including phenoxy) is 1. The Morgan fingerprint density at radius 3 is 2.78 bits per heavy atom. The van der Waals surface area contributed by atoms with Crippen LogP contribution in [0.4, 0.5) is 5.82 Å². The summed E-state index contributed by atoms with van der Waals surface area (Å²) in [6.45, 7) is 4.11. The fourth-order valence-corrected chi connectivity index (χ4v) is 3.67. The lowest BCUT2D eigenvalue weighted by Crippen LogP contribution is -2.13. The first-order valence-electron chi connectivity index (χ1n) is 10.2. The number of nitrogens with two attached hydrogens (primary N) is 1. The molecule has 0 aromatic carbocycles. The number of fused-ring (bicyclic) bond motifs is 2. The highest BCUT2D eigenvalue weighted by Crippen LogP contribution is 2.32. The van der Waals surface area contributed by atoms with Gasteiger partial charge in [-0.2, -0.15) is 10.2 Å². The van der Waals surface area contributed by atoms with E-state index >= 15 is 0 Å². The molecule has 3 N–H and O–H groups in total. The number of rotatable bonds is 6. The summed E-state index contributed by atoms with van der Waals surface area (Å²) in [4.78, 5) is 13.6. The molecule has 0 radical (unpaired) electrons. The maximum Gasteiger partial charge on any atom is 0.166 e. The van der Waals surface area contributed by atoms with E-state index in [1.807, 2.05) is 44.3 Å². The van der Waals surface area contributed by atoms with E-state index < -0.39 is 6.10 Å². The van der Waals surface area contributed by atoms with Crippen LogP contribution < -0.4 is 10.5 Å². The molecule has 5 rings (SSSR count). The van der Waals surface area contributed by atoms with Crippen LogP contribution >= 0.6 is 0 Å². The molecule has 162 valence electrons. The highest BCUT2D eigenvalue weighted by Gasteiger charge is 2.21. The quantitative estimate of drug-likeness (QED) is 0.420. The fraction of sp³-hybridized carbons (Fsp3) is 0.227. The molecule has 10 heteroatoms. The zero-order valence-corrected chi connectivity index (χ0v) is 17.7. The van der Waals surface area contributed by atoms with Gasteiger partial charge in [0.25, 0.3) is 0 Å². The summed E-state index contributed by atoms with van der Waals surface area (Å²) in [6.07, 6.45) is 6.55. The number of aromatic nitrogens is 7.